The van der Waals surface area contributed by atoms with E-state index in [1.54, 1.807) is 35.5 Å². The summed E-state index contributed by atoms with van der Waals surface area (Å²) >= 11 is 12.7. The van der Waals surface area contributed by atoms with Gasteiger partial charge in [0.25, 0.3) is 0 Å². The lowest BCUT2D eigenvalue weighted by atomic mass is 10.1. The molecular weight excluding hydrogens is 525 g/mol. The molecule has 1 aromatic carbocycles. The largest absolute Gasteiger partial charge is 0.444 e. The van der Waals surface area contributed by atoms with E-state index in [4.69, 9.17) is 33.7 Å². The van der Waals surface area contributed by atoms with Gasteiger partial charge >= 0.3 is 6.09 Å². The number of nitrogens with zero attached hydrogens (tertiary/aromatic N) is 5. The smallest absolute Gasteiger partial charge is 0.410 e. The Kier molecular flexibility index (Phi) is 7.07. The first-order valence-electron chi connectivity index (χ1n) is 12.4. The van der Waals surface area contributed by atoms with Crippen LogP contribution in [0.25, 0.3) is 33.8 Å². The van der Waals surface area contributed by atoms with Gasteiger partial charge in [0.2, 0.25) is 0 Å². The van der Waals surface area contributed by atoms with Crippen molar-refractivity contribution in [3.05, 3.63) is 59.1 Å². The molecule has 0 atom stereocenters. The van der Waals surface area contributed by atoms with Crippen molar-refractivity contribution in [2.75, 3.05) is 18.8 Å². The highest BCUT2D eigenvalue weighted by Crippen LogP contribution is 2.36. The molecule has 3 N–H and O–H groups in total. The van der Waals surface area contributed by atoms with E-state index in [1.165, 1.54) is 0 Å². The number of nitrogens with one attached hydrogen (secondary N) is 1. The molecule has 1 aliphatic heterocycles. The van der Waals surface area contributed by atoms with E-state index in [0.717, 1.165) is 24.0 Å². The summed E-state index contributed by atoms with van der Waals surface area (Å²) in [5, 5.41) is 5.65. The van der Waals surface area contributed by atoms with E-state index < -0.39 is 5.60 Å². The number of aromatic nitrogens is 5. The van der Waals surface area contributed by atoms with Crippen molar-refractivity contribution in [1.82, 2.24) is 29.6 Å². The Morgan fingerprint density at radius 2 is 1.79 bits per heavy atom. The third-order valence-corrected chi connectivity index (χ3v) is 7.04. The molecule has 0 unspecified atom stereocenters. The van der Waals surface area contributed by atoms with Crippen LogP contribution in [0.15, 0.2) is 49.1 Å². The summed E-state index contributed by atoms with van der Waals surface area (Å²) < 4.78 is 7.46. The summed E-state index contributed by atoms with van der Waals surface area (Å²) in [6.07, 6.45) is 8.54. The third-order valence-electron chi connectivity index (χ3n) is 6.41. The van der Waals surface area contributed by atoms with Gasteiger partial charge in [-0.2, -0.15) is 5.10 Å². The van der Waals surface area contributed by atoms with Gasteiger partial charge in [0.15, 0.2) is 0 Å². The average Bonchev–Trinajstić information content (AvgIpc) is 3.54. The van der Waals surface area contributed by atoms with Crippen molar-refractivity contribution < 1.29 is 9.53 Å². The maximum absolute atomic E-state index is 12.4. The van der Waals surface area contributed by atoms with Crippen molar-refractivity contribution >= 4 is 35.1 Å². The van der Waals surface area contributed by atoms with Gasteiger partial charge in [0.05, 0.1) is 39.7 Å². The molecule has 198 valence electrons. The molecule has 9 nitrogen and oxygen atoms in total. The number of nitrogens with two attached hydrogens (primary N) is 1. The summed E-state index contributed by atoms with van der Waals surface area (Å²) in [7, 11) is 0. The molecule has 11 heteroatoms. The minimum Gasteiger partial charge on any atom is -0.444 e. The number of halogens is 2. The number of H-pyrrole nitrogens is 1. The fraction of sp³-hybridized carbons (Fsp3) is 0.333. The summed E-state index contributed by atoms with van der Waals surface area (Å²) in [4.78, 5) is 26.3. The minimum atomic E-state index is -0.504. The molecule has 5 rings (SSSR count). The fourth-order valence-electron chi connectivity index (χ4n) is 4.49. The molecule has 1 amide bonds. The first-order chi connectivity index (χ1) is 18.1. The van der Waals surface area contributed by atoms with Crippen LogP contribution < -0.4 is 5.73 Å². The second-order valence-corrected chi connectivity index (χ2v) is 11.1. The minimum absolute atomic E-state index is 0.191. The van der Waals surface area contributed by atoms with Crippen LogP contribution in [0.4, 0.5) is 10.6 Å². The fourth-order valence-corrected chi connectivity index (χ4v) is 5.09. The van der Waals surface area contributed by atoms with E-state index in [1.807, 2.05) is 43.9 Å². The Morgan fingerprint density at radius 3 is 2.47 bits per heavy atom. The molecular formula is C27H29Cl2N7O2. The Hall–Kier alpha value is -3.56. The number of piperidine rings is 1. The normalized spacial score (nSPS) is 14.6. The first kappa shape index (κ1) is 26.1. The predicted molar refractivity (Wildman–Crippen MR) is 149 cm³/mol. The van der Waals surface area contributed by atoms with Crippen molar-refractivity contribution in [2.24, 2.45) is 0 Å². The van der Waals surface area contributed by atoms with Gasteiger partial charge in [0.1, 0.15) is 17.2 Å². The number of hydrogen-bond donors (Lipinski definition) is 2. The number of aromatic amines is 1. The van der Waals surface area contributed by atoms with Crippen LogP contribution in [0.1, 0.15) is 39.7 Å². The maximum Gasteiger partial charge on any atom is 0.410 e. The van der Waals surface area contributed by atoms with Gasteiger partial charge in [0, 0.05) is 42.2 Å². The van der Waals surface area contributed by atoms with Crippen LogP contribution in [0.3, 0.4) is 0 Å². The lowest BCUT2D eigenvalue weighted by Gasteiger charge is -2.33. The van der Waals surface area contributed by atoms with Crippen LogP contribution >= 0.6 is 23.2 Å². The van der Waals surface area contributed by atoms with Crippen LogP contribution in [-0.4, -0.2) is 54.4 Å². The highest BCUT2D eigenvalue weighted by molar-refractivity contribution is 6.39. The third kappa shape index (κ3) is 5.49. The Morgan fingerprint density at radius 1 is 1.08 bits per heavy atom. The van der Waals surface area contributed by atoms with E-state index in [2.05, 4.69) is 20.1 Å². The standard InChI is InChI=1S/C27H29Cl2N7O2/c1-27(2,3)38-26(37)35-9-7-18(8-10-35)36-15-17(13-33-36)16-11-19(24(30)31-12-16)25-32-14-22(34-25)23-20(28)5-4-6-21(23)29/h4-6,11-15,18H,7-10H2,1-3H3,(H2,30,31)(H,32,34). The lowest BCUT2D eigenvalue weighted by Crippen LogP contribution is -2.42. The zero-order chi connectivity index (χ0) is 27.0. The number of pyridine rings is 1. The monoisotopic (exact) mass is 553 g/mol. The number of hydrogen-bond acceptors (Lipinski definition) is 6. The Bertz CT molecular complexity index is 1450. The molecule has 0 bridgehead atoms. The van der Waals surface area contributed by atoms with E-state index in [0.29, 0.717) is 51.6 Å². The molecule has 4 aromatic rings. The molecule has 4 heterocycles. The highest BCUT2D eigenvalue weighted by atomic mass is 35.5. The number of amides is 1. The molecule has 0 spiro atoms. The Labute approximate surface area is 230 Å². The highest BCUT2D eigenvalue weighted by Gasteiger charge is 2.28. The van der Waals surface area contributed by atoms with Crippen molar-refractivity contribution in [1.29, 1.82) is 0 Å². The van der Waals surface area contributed by atoms with Crippen molar-refractivity contribution in [2.45, 2.75) is 45.3 Å². The van der Waals surface area contributed by atoms with Crippen molar-refractivity contribution in [3.8, 4) is 33.8 Å². The SMILES string of the molecule is CC(C)(C)OC(=O)N1CCC(n2cc(-c3cnc(N)c(-c4ncc(-c5c(Cl)cccc5Cl)[nH]4)c3)cn2)CC1. The average molecular weight is 554 g/mol. The number of likely N-dealkylation sites (tertiary alicyclic amines) is 1. The number of carbonyl (C=O) groups excluding carboxylic acids is 1. The molecule has 0 saturated carbocycles. The molecule has 1 saturated heterocycles. The quantitative estimate of drug-likeness (QED) is 0.299. The van der Waals surface area contributed by atoms with E-state index in [9.17, 15) is 4.79 Å². The zero-order valence-corrected chi connectivity index (χ0v) is 22.9. The molecule has 38 heavy (non-hydrogen) atoms. The maximum atomic E-state index is 12.4. The second kappa shape index (κ2) is 10.3. The number of carbonyl (C=O) groups is 1. The number of imidazole rings is 1. The van der Waals surface area contributed by atoms with Crippen LogP contribution in [0, 0.1) is 0 Å². The van der Waals surface area contributed by atoms with Gasteiger partial charge in [-0.1, -0.05) is 29.3 Å². The topological polar surface area (TPSA) is 115 Å². The summed E-state index contributed by atoms with van der Waals surface area (Å²) in [5.74, 6) is 0.909. The van der Waals surface area contributed by atoms with Gasteiger partial charge in [-0.3, -0.25) is 4.68 Å². The van der Waals surface area contributed by atoms with Gasteiger partial charge in [-0.05, 0) is 51.8 Å². The van der Waals surface area contributed by atoms with Crippen LogP contribution in [0.2, 0.25) is 10.0 Å². The predicted octanol–water partition coefficient (Wildman–Crippen LogP) is 6.46. The van der Waals surface area contributed by atoms with Gasteiger partial charge in [-0.15, -0.1) is 0 Å². The first-order valence-corrected chi connectivity index (χ1v) is 13.1. The number of benzene rings is 1. The Balaban J connectivity index is 1.32. The zero-order valence-electron chi connectivity index (χ0n) is 21.4. The van der Waals surface area contributed by atoms with E-state index in [-0.39, 0.29) is 12.1 Å². The number of ether oxygens (including phenoxy) is 1. The summed E-state index contributed by atoms with van der Waals surface area (Å²) in [5.41, 5.74) is 9.51. The number of nitrogen functional groups attached to an aromatic ring is 1. The van der Waals surface area contributed by atoms with Gasteiger partial charge < -0.3 is 20.4 Å². The van der Waals surface area contributed by atoms with E-state index >= 15 is 0 Å². The molecule has 3 aromatic heterocycles. The summed E-state index contributed by atoms with van der Waals surface area (Å²) in [6, 6.07) is 7.47. The molecule has 0 aliphatic carbocycles. The number of rotatable bonds is 4. The van der Waals surface area contributed by atoms with Crippen molar-refractivity contribution in [3.63, 3.8) is 0 Å². The van der Waals surface area contributed by atoms with Crippen LogP contribution in [0.5, 0.6) is 0 Å². The van der Waals surface area contributed by atoms with Crippen LogP contribution in [-0.2, 0) is 4.74 Å². The number of anilines is 1. The van der Waals surface area contributed by atoms with Gasteiger partial charge in [-0.25, -0.2) is 14.8 Å². The second-order valence-electron chi connectivity index (χ2n) is 10.3. The molecule has 1 aliphatic rings. The molecule has 1 fully saturated rings. The molecule has 0 radical (unpaired) electrons. The summed E-state index contributed by atoms with van der Waals surface area (Å²) in [6.45, 7) is 6.87. The lowest BCUT2D eigenvalue weighted by molar-refractivity contribution is 0.0185.